The Hall–Kier alpha value is -1.03. The molecule has 2 rings (SSSR count). The van der Waals surface area contributed by atoms with Gasteiger partial charge in [-0.2, -0.15) is 0 Å². The standard InChI is InChI=1S/C7H12N4/c1-2-11-5-10-7-6(11)3-8-4-9-7/h5,8-9H,2-4H2,1H3. The van der Waals surface area contributed by atoms with Crippen LogP contribution >= 0.6 is 0 Å². The molecule has 0 saturated heterocycles. The Morgan fingerprint density at radius 3 is 3.45 bits per heavy atom. The van der Waals surface area contributed by atoms with Crippen LogP contribution in [0.2, 0.25) is 0 Å². The molecule has 1 aliphatic heterocycles. The van der Waals surface area contributed by atoms with E-state index in [1.807, 2.05) is 6.33 Å². The minimum Gasteiger partial charge on any atom is -0.356 e. The summed E-state index contributed by atoms with van der Waals surface area (Å²) in [5.74, 6) is 1.03. The Kier molecular flexibility index (Phi) is 1.54. The zero-order valence-corrected chi connectivity index (χ0v) is 6.59. The van der Waals surface area contributed by atoms with Crippen molar-refractivity contribution in [1.29, 1.82) is 0 Å². The van der Waals surface area contributed by atoms with Crippen LogP contribution in [0.15, 0.2) is 6.33 Å². The molecule has 0 spiro atoms. The fourth-order valence-corrected chi connectivity index (χ4v) is 1.34. The van der Waals surface area contributed by atoms with Crippen molar-refractivity contribution in [2.24, 2.45) is 0 Å². The van der Waals surface area contributed by atoms with Gasteiger partial charge >= 0.3 is 0 Å². The van der Waals surface area contributed by atoms with E-state index in [2.05, 4.69) is 27.1 Å². The molecule has 0 unspecified atom stereocenters. The van der Waals surface area contributed by atoms with Gasteiger partial charge in [-0.15, -0.1) is 0 Å². The first-order valence-corrected chi connectivity index (χ1v) is 3.90. The number of hydrogen-bond donors (Lipinski definition) is 2. The second kappa shape index (κ2) is 2.54. The monoisotopic (exact) mass is 152 g/mol. The maximum Gasteiger partial charge on any atom is 0.149 e. The van der Waals surface area contributed by atoms with Crippen LogP contribution in [0.5, 0.6) is 0 Å². The Morgan fingerprint density at radius 1 is 1.73 bits per heavy atom. The van der Waals surface area contributed by atoms with Crippen molar-refractivity contribution in [3.63, 3.8) is 0 Å². The topological polar surface area (TPSA) is 41.9 Å². The minimum absolute atomic E-state index is 0.827. The number of rotatable bonds is 1. The van der Waals surface area contributed by atoms with E-state index in [0.717, 1.165) is 25.6 Å². The summed E-state index contributed by atoms with van der Waals surface area (Å²) in [4.78, 5) is 4.24. The van der Waals surface area contributed by atoms with Crippen molar-refractivity contribution in [3.05, 3.63) is 12.0 Å². The third-order valence-electron chi connectivity index (χ3n) is 1.96. The summed E-state index contributed by atoms with van der Waals surface area (Å²) in [5.41, 5.74) is 1.26. The first-order chi connectivity index (χ1) is 5.42. The highest BCUT2D eigenvalue weighted by atomic mass is 15.2. The largest absolute Gasteiger partial charge is 0.356 e. The number of nitrogens with zero attached hydrogens (tertiary/aromatic N) is 2. The zero-order valence-electron chi connectivity index (χ0n) is 6.59. The van der Waals surface area contributed by atoms with E-state index >= 15 is 0 Å². The molecule has 1 aliphatic rings. The van der Waals surface area contributed by atoms with Gasteiger partial charge in [0.05, 0.1) is 18.7 Å². The lowest BCUT2D eigenvalue weighted by Crippen LogP contribution is -2.28. The van der Waals surface area contributed by atoms with Crippen molar-refractivity contribution in [2.75, 3.05) is 12.0 Å². The summed E-state index contributed by atoms with van der Waals surface area (Å²) in [6, 6.07) is 0. The van der Waals surface area contributed by atoms with Gasteiger partial charge in [0.15, 0.2) is 0 Å². The minimum atomic E-state index is 0.827. The molecule has 0 aromatic carbocycles. The van der Waals surface area contributed by atoms with Gasteiger partial charge in [0.25, 0.3) is 0 Å². The average Bonchev–Trinajstić information content (AvgIpc) is 2.47. The molecule has 0 atom stereocenters. The van der Waals surface area contributed by atoms with Crippen LogP contribution in [0, 0.1) is 0 Å². The predicted molar refractivity (Wildman–Crippen MR) is 43.2 cm³/mol. The number of imidazole rings is 1. The van der Waals surface area contributed by atoms with Crippen LogP contribution in [0.25, 0.3) is 0 Å². The van der Waals surface area contributed by atoms with Crippen molar-refractivity contribution in [2.45, 2.75) is 20.0 Å². The Balaban J connectivity index is 2.38. The van der Waals surface area contributed by atoms with Crippen molar-refractivity contribution in [1.82, 2.24) is 14.9 Å². The van der Waals surface area contributed by atoms with Crippen molar-refractivity contribution >= 4 is 5.82 Å². The van der Waals surface area contributed by atoms with Crippen molar-refractivity contribution < 1.29 is 0 Å². The fraction of sp³-hybridized carbons (Fsp3) is 0.571. The molecule has 0 radical (unpaired) electrons. The number of anilines is 1. The number of hydrogen-bond acceptors (Lipinski definition) is 3. The lowest BCUT2D eigenvalue weighted by atomic mass is 10.3. The van der Waals surface area contributed by atoms with Gasteiger partial charge < -0.3 is 9.88 Å². The highest BCUT2D eigenvalue weighted by molar-refractivity contribution is 5.42. The smallest absolute Gasteiger partial charge is 0.149 e. The molecular weight excluding hydrogens is 140 g/mol. The zero-order chi connectivity index (χ0) is 7.68. The van der Waals surface area contributed by atoms with Gasteiger partial charge in [0, 0.05) is 13.1 Å². The highest BCUT2D eigenvalue weighted by Crippen LogP contribution is 2.14. The fourth-order valence-electron chi connectivity index (χ4n) is 1.34. The quantitative estimate of drug-likeness (QED) is 0.611. The maximum atomic E-state index is 4.24. The van der Waals surface area contributed by atoms with Crippen LogP contribution in [0.4, 0.5) is 5.82 Å². The van der Waals surface area contributed by atoms with Crippen LogP contribution in [-0.2, 0) is 13.1 Å². The summed E-state index contributed by atoms with van der Waals surface area (Å²) in [7, 11) is 0. The van der Waals surface area contributed by atoms with Gasteiger partial charge in [0.2, 0.25) is 0 Å². The van der Waals surface area contributed by atoms with Crippen LogP contribution in [0.1, 0.15) is 12.6 Å². The van der Waals surface area contributed by atoms with E-state index in [9.17, 15) is 0 Å². The van der Waals surface area contributed by atoms with Crippen LogP contribution in [-0.4, -0.2) is 16.2 Å². The maximum absolute atomic E-state index is 4.24. The average molecular weight is 152 g/mol. The van der Waals surface area contributed by atoms with E-state index in [0.29, 0.717) is 0 Å². The Bertz CT molecular complexity index is 239. The molecule has 11 heavy (non-hydrogen) atoms. The first kappa shape index (κ1) is 6.67. The van der Waals surface area contributed by atoms with Gasteiger partial charge in [-0.25, -0.2) is 4.98 Å². The molecule has 60 valence electrons. The second-order valence-electron chi connectivity index (χ2n) is 2.61. The first-order valence-electron chi connectivity index (χ1n) is 3.90. The van der Waals surface area contributed by atoms with E-state index in [1.54, 1.807) is 0 Å². The van der Waals surface area contributed by atoms with Gasteiger partial charge in [-0.05, 0) is 6.92 Å². The normalized spacial score (nSPS) is 15.7. The molecule has 4 nitrogen and oxygen atoms in total. The van der Waals surface area contributed by atoms with E-state index < -0.39 is 0 Å². The summed E-state index contributed by atoms with van der Waals surface area (Å²) >= 11 is 0. The Morgan fingerprint density at radius 2 is 2.64 bits per heavy atom. The van der Waals surface area contributed by atoms with Crippen LogP contribution in [0.3, 0.4) is 0 Å². The van der Waals surface area contributed by atoms with E-state index in [4.69, 9.17) is 0 Å². The lowest BCUT2D eigenvalue weighted by molar-refractivity contribution is 0.632. The molecule has 0 fully saturated rings. The Labute approximate surface area is 65.6 Å². The summed E-state index contributed by atoms with van der Waals surface area (Å²) < 4.78 is 2.15. The molecule has 1 aromatic rings. The van der Waals surface area contributed by atoms with Gasteiger partial charge in [0.1, 0.15) is 5.82 Å². The molecule has 2 N–H and O–H groups in total. The molecule has 0 saturated carbocycles. The molecule has 0 bridgehead atoms. The van der Waals surface area contributed by atoms with Crippen LogP contribution < -0.4 is 10.6 Å². The third-order valence-corrected chi connectivity index (χ3v) is 1.96. The summed E-state index contributed by atoms with van der Waals surface area (Å²) in [6.45, 7) is 4.87. The number of fused-ring (bicyclic) bond motifs is 1. The third kappa shape index (κ3) is 0.991. The summed E-state index contributed by atoms with van der Waals surface area (Å²) in [6.07, 6.45) is 1.88. The SMILES string of the molecule is CCn1cnc2c1CNCN2. The molecule has 0 amide bonds. The number of aromatic nitrogens is 2. The molecular formula is C7H12N4. The number of nitrogens with one attached hydrogen (secondary N) is 2. The van der Waals surface area contributed by atoms with E-state index in [-0.39, 0.29) is 0 Å². The van der Waals surface area contributed by atoms with E-state index in [1.165, 1.54) is 5.69 Å². The lowest BCUT2D eigenvalue weighted by Gasteiger charge is -2.15. The highest BCUT2D eigenvalue weighted by Gasteiger charge is 2.12. The molecule has 4 heteroatoms. The van der Waals surface area contributed by atoms with Gasteiger partial charge in [-0.1, -0.05) is 0 Å². The summed E-state index contributed by atoms with van der Waals surface area (Å²) in [5, 5.41) is 6.40. The predicted octanol–water partition coefficient (Wildman–Crippen LogP) is 0.376. The van der Waals surface area contributed by atoms with Gasteiger partial charge in [-0.3, -0.25) is 5.32 Å². The molecule has 1 aromatic heterocycles. The molecule has 2 heterocycles. The molecule has 0 aliphatic carbocycles. The number of aryl methyl sites for hydroxylation is 1. The second-order valence-corrected chi connectivity index (χ2v) is 2.61. The van der Waals surface area contributed by atoms with Crippen molar-refractivity contribution in [3.8, 4) is 0 Å².